The van der Waals surface area contributed by atoms with Gasteiger partial charge in [-0.15, -0.1) is 0 Å². The highest BCUT2D eigenvalue weighted by atomic mass is 16.6. The number of carboxylic acids is 1. The Hall–Kier alpha value is -3.29. The molecule has 0 aliphatic carbocycles. The second-order valence-electron chi connectivity index (χ2n) is 9.40. The second-order valence-corrected chi connectivity index (χ2v) is 9.40. The first-order valence-electron chi connectivity index (χ1n) is 13.1. The van der Waals surface area contributed by atoms with E-state index in [-0.39, 0.29) is 5.56 Å². The van der Waals surface area contributed by atoms with Crippen molar-refractivity contribution in [2.45, 2.75) is 96.8 Å². The van der Waals surface area contributed by atoms with E-state index in [0.717, 1.165) is 37.0 Å². The van der Waals surface area contributed by atoms with Crippen LogP contribution in [0.1, 0.15) is 106 Å². The van der Waals surface area contributed by atoms with Crippen LogP contribution in [0.25, 0.3) is 11.1 Å². The number of carbonyl (C=O) groups is 1. The van der Waals surface area contributed by atoms with E-state index < -0.39 is 32.8 Å². The van der Waals surface area contributed by atoms with Gasteiger partial charge in [-0.05, 0) is 24.0 Å². The van der Waals surface area contributed by atoms with Crippen molar-refractivity contribution in [3.05, 3.63) is 67.8 Å². The Balaban J connectivity index is 1.88. The fourth-order valence-electron chi connectivity index (χ4n) is 4.56. The Morgan fingerprint density at radius 1 is 0.778 bits per heavy atom. The van der Waals surface area contributed by atoms with Crippen molar-refractivity contribution < 1.29 is 19.7 Å². The summed E-state index contributed by atoms with van der Waals surface area (Å²) in [6.07, 6.45) is 17.2. The highest BCUT2D eigenvalue weighted by molar-refractivity contribution is 6.00. The molecule has 0 amide bonds. The van der Waals surface area contributed by atoms with Gasteiger partial charge < -0.3 is 5.11 Å². The van der Waals surface area contributed by atoms with Crippen molar-refractivity contribution in [1.29, 1.82) is 0 Å². The standard InChI is InChI=1S/C28H38N2O6/c1-2-3-4-5-6-7-8-9-10-11-12-13-14-16-22-17-15-18-23(19-22)27-25(28(31)32)20-24(29(33)34)21-26(27)30(35)36/h15,17-21H,2-14,16H2,1H3,(H,31,32). The minimum absolute atomic E-state index is 0.106. The van der Waals surface area contributed by atoms with Crippen LogP contribution in [0.2, 0.25) is 0 Å². The SMILES string of the molecule is CCCCCCCCCCCCCCCc1cccc(-c2c(C(=O)O)cc([N+](=O)[O-])cc2[N+](=O)[O-])c1. The Bertz CT molecular complexity index is 986. The number of aromatic carboxylic acids is 1. The van der Waals surface area contributed by atoms with Crippen LogP contribution in [-0.2, 0) is 6.42 Å². The van der Waals surface area contributed by atoms with Crippen molar-refractivity contribution in [3.8, 4) is 11.1 Å². The largest absolute Gasteiger partial charge is 0.478 e. The van der Waals surface area contributed by atoms with Crippen molar-refractivity contribution in [2.75, 3.05) is 0 Å². The van der Waals surface area contributed by atoms with E-state index >= 15 is 0 Å². The molecule has 2 rings (SSSR count). The summed E-state index contributed by atoms with van der Waals surface area (Å²) in [5.74, 6) is -1.45. The highest BCUT2D eigenvalue weighted by Gasteiger charge is 2.28. The maximum Gasteiger partial charge on any atom is 0.336 e. The van der Waals surface area contributed by atoms with Gasteiger partial charge in [0, 0.05) is 6.07 Å². The van der Waals surface area contributed by atoms with Crippen molar-refractivity contribution in [1.82, 2.24) is 0 Å². The lowest BCUT2D eigenvalue weighted by atomic mass is 9.94. The molecule has 0 aliphatic rings. The molecule has 0 saturated carbocycles. The number of benzene rings is 2. The minimum atomic E-state index is -1.45. The van der Waals surface area contributed by atoms with Crippen LogP contribution in [0.4, 0.5) is 11.4 Å². The molecular formula is C28H38N2O6. The summed E-state index contributed by atoms with van der Waals surface area (Å²) in [6.45, 7) is 2.24. The summed E-state index contributed by atoms with van der Waals surface area (Å²) in [5.41, 5.74) is -0.425. The van der Waals surface area contributed by atoms with Gasteiger partial charge in [0.25, 0.3) is 11.4 Å². The molecule has 0 atom stereocenters. The average molecular weight is 499 g/mol. The Labute approximate surface area is 213 Å². The van der Waals surface area contributed by atoms with Crippen LogP contribution in [0.3, 0.4) is 0 Å². The third-order valence-corrected chi connectivity index (χ3v) is 6.52. The van der Waals surface area contributed by atoms with Crippen LogP contribution in [0, 0.1) is 20.2 Å². The molecule has 196 valence electrons. The average Bonchev–Trinajstić information content (AvgIpc) is 2.86. The predicted octanol–water partition coefficient (Wildman–Crippen LogP) is 8.50. The number of unbranched alkanes of at least 4 members (excludes halogenated alkanes) is 12. The summed E-state index contributed by atoms with van der Waals surface area (Å²) < 4.78 is 0. The summed E-state index contributed by atoms with van der Waals surface area (Å²) in [7, 11) is 0. The lowest BCUT2D eigenvalue weighted by Gasteiger charge is -2.10. The van der Waals surface area contributed by atoms with Crippen LogP contribution in [0.15, 0.2) is 36.4 Å². The molecule has 0 heterocycles. The monoisotopic (exact) mass is 498 g/mol. The Morgan fingerprint density at radius 2 is 1.33 bits per heavy atom. The zero-order chi connectivity index (χ0) is 26.3. The van der Waals surface area contributed by atoms with Crippen LogP contribution in [-0.4, -0.2) is 20.9 Å². The molecule has 36 heavy (non-hydrogen) atoms. The summed E-state index contributed by atoms with van der Waals surface area (Å²) in [6, 6.07) is 8.71. The fourth-order valence-corrected chi connectivity index (χ4v) is 4.56. The number of nitro benzene ring substituents is 2. The van der Waals surface area contributed by atoms with Gasteiger partial charge in [0.1, 0.15) is 0 Å². The molecule has 0 saturated heterocycles. The van der Waals surface area contributed by atoms with E-state index in [2.05, 4.69) is 6.92 Å². The third-order valence-electron chi connectivity index (χ3n) is 6.52. The first-order chi connectivity index (χ1) is 17.3. The molecule has 0 aliphatic heterocycles. The van der Waals surface area contributed by atoms with Crippen molar-refractivity contribution in [3.63, 3.8) is 0 Å². The molecule has 0 bridgehead atoms. The quantitative estimate of drug-likeness (QED) is 0.125. The Kier molecular flexibility index (Phi) is 12.6. The molecule has 0 aromatic heterocycles. The topological polar surface area (TPSA) is 124 Å². The number of nitrogens with zero attached hydrogens (tertiary/aromatic N) is 2. The lowest BCUT2D eigenvalue weighted by Crippen LogP contribution is -2.05. The summed E-state index contributed by atoms with van der Waals surface area (Å²) in [4.78, 5) is 33.0. The maximum atomic E-state index is 11.8. The number of hydrogen-bond acceptors (Lipinski definition) is 5. The van der Waals surface area contributed by atoms with Gasteiger partial charge in [0.05, 0.1) is 27.0 Å². The van der Waals surface area contributed by atoms with Gasteiger partial charge in [0.2, 0.25) is 0 Å². The van der Waals surface area contributed by atoms with E-state index in [0.29, 0.717) is 5.56 Å². The molecule has 0 spiro atoms. The summed E-state index contributed by atoms with van der Waals surface area (Å²) >= 11 is 0. The fraction of sp³-hybridized carbons (Fsp3) is 0.536. The lowest BCUT2D eigenvalue weighted by molar-refractivity contribution is -0.393. The predicted molar refractivity (Wildman–Crippen MR) is 142 cm³/mol. The van der Waals surface area contributed by atoms with Gasteiger partial charge >= 0.3 is 5.97 Å². The molecule has 8 heteroatoms. The molecule has 0 unspecified atom stereocenters. The molecule has 2 aromatic rings. The van der Waals surface area contributed by atoms with Crippen LogP contribution in [0.5, 0.6) is 0 Å². The van der Waals surface area contributed by atoms with Gasteiger partial charge in [-0.25, -0.2) is 4.79 Å². The van der Waals surface area contributed by atoms with E-state index in [9.17, 15) is 30.1 Å². The molecule has 1 N–H and O–H groups in total. The molecule has 8 nitrogen and oxygen atoms in total. The third kappa shape index (κ3) is 9.40. The van der Waals surface area contributed by atoms with E-state index in [4.69, 9.17) is 0 Å². The van der Waals surface area contributed by atoms with E-state index in [1.165, 1.54) is 70.6 Å². The number of non-ortho nitro benzene ring substituents is 1. The molecular weight excluding hydrogens is 460 g/mol. The van der Waals surface area contributed by atoms with Crippen LogP contribution >= 0.6 is 0 Å². The van der Waals surface area contributed by atoms with E-state index in [1.54, 1.807) is 18.2 Å². The number of carboxylic acid groups (broad SMARTS) is 1. The number of rotatable bonds is 18. The van der Waals surface area contributed by atoms with Gasteiger partial charge in [0.15, 0.2) is 0 Å². The minimum Gasteiger partial charge on any atom is -0.478 e. The normalized spacial score (nSPS) is 10.9. The first-order valence-corrected chi connectivity index (χ1v) is 13.1. The zero-order valence-electron chi connectivity index (χ0n) is 21.2. The maximum absolute atomic E-state index is 11.8. The first kappa shape index (κ1) is 28.9. The van der Waals surface area contributed by atoms with Gasteiger partial charge in [-0.1, -0.05) is 108 Å². The van der Waals surface area contributed by atoms with E-state index in [1.807, 2.05) is 6.07 Å². The Morgan fingerprint density at radius 3 is 1.83 bits per heavy atom. The zero-order valence-corrected chi connectivity index (χ0v) is 21.2. The van der Waals surface area contributed by atoms with Gasteiger partial charge in [-0.2, -0.15) is 0 Å². The molecule has 2 aromatic carbocycles. The smallest absolute Gasteiger partial charge is 0.336 e. The van der Waals surface area contributed by atoms with Crippen molar-refractivity contribution >= 4 is 17.3 Å². The van der Waals surface area contributed by atoms with Gasteiger partial charge in [-0.3, -0.25) is 20.2 Å². The molecule has 0 radical (unpaired) electrons. The number of hydrogen-bond donors (Lipinski definition) is 1. The summed E-state index contributed by atoms with van der Waals surface area (Å²) in [5, 5.41) is 32.4. The highest BCUT2D eigenvalue weighted by Crippen LogP contribution is 2.37. The number of aryl methyl sites for hydroxylation is 1. The second kappa shape index (κ2) is 15.7. The molecule has 0 fully saturated rings. The number of nitro groups is 2. The van der Waals surface area contributed by atoms with Crippen LogP contribution < -0.4 is 0 Å². The van der Waals surface area contributed by atoms with Crippen molar-refractivity contribution in [2.24, 2.45) is 0 Å².